The second-order valence-electron chi connectivity index (χ2n) is 7.01. The van der Waals surface area contributed by atoms with Gasteiger partial charge in [-0.15, -0.1) is 0 Å². The van der Waals surface area contributed by atoms with Crippen LogP contribution in [0.5, 0.6) is 0 Å². The Labute approximate surface area is 176 Å². The van der Waals surface area contributed by atoms with Gasteiger partial charge in [0.2, 0.25) is 5.78 Å². The molecule has 0 atom stereocenters. The summed E-state index contributed by atoms with van der Waals surface area (Å²) in [5.41, 5.74) is 3.44. The zero-order valence-corrected chi connectivity index (χ0v) is 17.4. The van der Waals surface area contributed by atoms with E-state index in [1.54, 1.807) is 24.3 Å². The molecule has 1 N–H and O–H groups in total. The number of rotatable bonds is 5. The summed E-state index contributed by atoms with van der Waals surface area (Å²) in [6.45, 7) is 2.17. The van der Waals surface area contributed by atoms with Crippen LogP contribution in [0.4, 0.5) is 11.4 Å². The van der Waals surface area contributed by atoms with Crippen LogP contribution >= 0.6 is 0 Å². The third-order valence-corrected chi connectivity index (χ3v) is 6.90. The van der Waals surface area contributed by atoms with Crippen LogP contribution in [0.1, 0.15) is 28.4 Å². The highest BCUT2D eigenvalue weighted by Gasteiger charge is 2.40. The van der Waals surface area contributed by atoms with Crippen molar-refractivity contribution in [3.8, 4) is 0 Å². The molecule has 4 rings (SSSR count). The van der Waals surface area contributed by atoms with E-state index in [0.29, 0.717) is 11.3 Å². The predicted octanol–water partition coefficient (Wildman–Crippen LogP) is 4.74. The van der Waals surface area contributed by atoms with Crippen molar-refractivity contribution in [3.63, 3.8) is 0 Å². The number of nitrogens with one attached hydrogen (secondary N) is 1. The smallest absolute Gasteiger partial charge is 0.270 e. The Bertz CT molecular complexity index is 1220. The molecular weight excluding hydrogens is 396 g/mol. The Morgan fingerprint density at radius 1 is 0.900 bits per heavy atom. The molecule has 30 heavy (non-hydrogen) atoms. The third-order valence-electron chi connectivity index (χ3n) is 5.14. The Kier molecular flexibility index (Phi) is 5.42. The van der Waals surface area contributed by atoms with Gasteiger partial charge in [-0.1, -0.05) is 67.6 Å². The molecule has 5 nitrogen and oxygen atoms in total. The molecule has 0 spiro atoms. The molecule has 1 heterocycles. The summed E-state index contributed by atoms with van der Waals surface area (Å²) in [7, 11) is -4.03. The van der Waals surface area contributed by atoms with Crippen molar-refractivity contribution in [1.29, 1.82) is 0 Å². The monoisotopic (exact) mass is 418 g/mol. The van der Waals surface area contributed by atoms with Crippen molar-refractivity contribution in [2.45, 2.75) is 19.9 Å². The lowest BCUT2D eigenvalue weighted by Gasteiger charge is -2.31. The van der Waals surface area contributed by atoms with Crippen LogP contribution in [0.2, 0.25) is 0 Å². The molecule has 1 aliphatic heterocycles. The molecule has 0 fully saturated rings. The lowest BCUT2D eigenvalue weighted by Crippen LogP contribution is -2.39. The van der Waals surface area contributed by atoms with Crippen molar-refractivity contribution >= 4 is 27.2 Å². The number of sulfonamides is 1. The van der Waals surface area contributed by atoms with Crippen LogP contribution in [0.3, 0.4) is 0 Å². The van der Waals surface area contributed by atoms with Crippen LogP contribution in [-0.4, -0.2) is 14.2 Å². The molecule has 0 aromatic heterocycles. The van der Waals surface area contributed by atoms with Gasteiger partial charge in [0, 0.05) is 17.5 Å². The predicted molar refractivity (Wildman–Crippen MR) is 120 cm³/mol. The van der Waals surface area contributed by atoms with E-state index in [2.05, 4.69) is 5.32 Å². The largest absolute Gasteiger partial charge is 0.360 e. The van der Waals surface area contributed by atoms with E-state index in [-0.39, 0.29) is 11.4 Å². The molecule has 3 aromatic carbocycles. The molecule has 0 saturated heterocycles. The quantitative estimate of drug-likeness (QED) is 0.608. The minimum absolute atomic E-state index is 0.149. The Morgan fingerprint density at radius 3 is 2.33 bits per heavy atom. The van der Waals surface area contributed by atoms with Gasteiger partial charge < -0.3 is 5.32 Å². The zero-order chi connectivity index (χ0) is 21.1. The van der Waals surface area contributed by atoms with Gasteiger partial charge in [-0.05, 0) is 35.7 Å². The minimum atomic E-state index is -4.03. The molecule has 0 amide bonds. The average molecular weight is 419 g/mol. The van der Waals surface area contributed by atoms with Crippen molar-refractivity contribution in [1.82, 2.24) is 0 Å². The van der Waals surface area contributed by atoms with Crippen molar-refractivity contribution in [2.24, 2.45) is 0 Å². The number of anilines is 2. The summed E-state index contributed by atoms with van der Waals surface area (Å²) in [4.78, 5) is 12.8. The van der Waals surface area contributed by atoms with Crippen LogP contribution in [0.25, 0.3) is 0 Å². The van der Waals surface area contributed by atoms with Crippen LogP contribution in [0.15, 0.2) is 90.0 Å². The number of nitrogens with zero attached hydrogens (tertiary/aromatic N) is 1. The fourth-order valence-electron chi connectivity index (χ4n) is 3.55. The lowest BCUT2D eigenvalue weighted by molar-refractivity contribution is 0.104. The minimum Gasteiger partial charge on any atom is -0.360 e. The topological polar surface area (TPSA) is 66.5 Å². The Hall–Kier alpha value is -3.38. The first-order chi connectivity index (χ1) is 14.5. The number of carbonyl (C=O) groups excluding carboxylic acids is 1. The molecule has 152 valence electrons. The number of ketones is 1. The number of allylic oxidation sites excluding steroid dienone is 1. The third kappa shape index (κ3) is 3.62. The normalized spacial score (nSPS) is 16.4. The first kappa shape index (κ1) is 19.9. The second kappa shape index (κ2) is 8.16. The number of para-hydroxylation sites is 2. The fraction of sp³-hybridized carbons (Fsp3) is 0.125. The molecule has 0 bridgehead atoms. The van der Waals surface area contributed by atoms with E-state index in [1.165, 1.54) is 10.5 Å². The van der Waals surface area contributed by atoms with E-state index < -0.39 is 15.8 Å². The van der Waals surface area contributed by atoms with Crippen molar-refractivity contribution in [3.05, 3.63) is 107 Å². The zero-order valence-electron chi connectivity index (χ0n) is 16.6. The molecule has 3 aromatic rings. The van der Waals surface area contributed by atoms with Crippen molar-refractivity contribution < 1.29 is 13.2 Å². The van der Waals surface area contributed by atoms with E-state index in [0.717, 1.165) is 23.2 Å². The van der Waals surface area contributed by atoms with Gasteiger partial charge in [-0.3, -0.25) is 9.10 Å². The van der Waals surface area contributed by atoms with Crippen LogP contribution < -0.4 is 9.62 Å². The molecule has 6 heteroatoms. The van der Waals surface area contributed by atoms with Gasteiger partial charge in [0.15, 0.2) is 4.91 Å². The number of hydrogen-bond acceptors (Lipinski definition) is 4. The molecule has 1 aliphatic rings. The summed E-state index contributed by atoms with van der Waals surface area (Å²) in [6, 6.07) is 23.8. The number of fused-ring (bicyclic) bond motifs is 1. The molecular formula is C24H22N2O3S. The van der Waals surface area contributed by atoms with Gasteiger partial charge >= 0.3 is 0 Å². The molecule has 0 unspecified atom stereocenters. The van der Waals surface area contributed by atoms with Gasteiger partial charge in [-0.25, -0.2) is 8.42 Å². The van der Waals surface area contributed by atoms with Crippen LogP contribution in [-0.2, 0) is 23.0 Å². The maximum atomic E-state index is 13.5. The Balaban J connectivity index is 1.79. The number of benzene rings is 3. The van der Waals surface area contributed by atoms with E-state index in [4.69, 9.17) is 0 Å². The van der Waals surface area contributed by atoms with Crippen LogP contribution in [0, 0.1) is 0 Å². The summed E-state index contributed by atoms with van der Waals surface area (Å²) < 4.78 is 28.2. The summed E-state index contributed by atoms with van der Waals surface area (Å²) in [6.07, 6.45) is 2.11. The number of carbonyl (C=O) groups is 1. The Morgan fingerprint density at radius 2 is 1.57 bits per heavy atom. The SMILES string of the molecule is CCc1ccccc1N/C=C1\C(=O)c2ccccc2N(Cc2ccccc2)S1(=O)=O. The number of Topliss-reactive ketones (excluding diaryl/α,β-unsaturated/α-hetero) is 1. The number of hydrogen-bond donors (Lipinski definition) is 1. The van der Waals surface area contributed by atoms with E-state index in [1.807, 2.05) is 61.5 Å². The highest BCUT2D eigenvalue weighted by Crippen LogP contribution is 2.36. The highest BCUT2D eigenvalue weighted by atomic mass is 32.2. The molecule has 0 aliphatic carbocycles. The highest BCUT2D eigenvalue weighted by molar-refractivity contribution is 7.97. The maximum Gasteiger partial charge on any atom is 0.270 e. The average Bonchev–Trinajstić information content (AvgIpc) is 2.77. The fourth-order valence-corrected chi connectivity index (χ4v) is 5.08. The lowest BCUT2D eigenvalue weighted by atomic mass is 10.1. The second-order valence-corrected chi connectivity index (χ2v) is 8.84. The first-order valence-electron chi connectivity index (χ1n) is 9.77. The van der Waals surface area contributed by atoms with Gasteiger partial charge in [0.1, 0.15) is 0 Å². The maximum absolute atomic E-state index is 13.5. The summed E-state index contributed by atoms with van der Waals surface area (Å²) >= 11 is 0. The van der Waals surface area contributed by atoms with Gasteiger partial charge in [0.25, 0.3) is 10.0 Å². The van der Waals surface area contributed by atoms with Gasteiger partial charge in [-0.2, -0.15) is 0 Å². The molecule has 0 saturated carbocycles. The summed E-state index contributed by atoms with van der Waals surface area (Å²) in [5.74, 6) is -0.503. The van der Waals surface area contributed by atoms with E-state index >= 15 is 0 Å². The summed E-state index contributed by atoms with van der Waals surface area (Å²) in [5, 5.41) is 3.05. The number of aryl methyl sites for hydroxylation is 1. The van der Waals surface area contributed by atoms with Crippen molar-refractivity contribution in [2.75, 3.05) is 9.62 Å². The van der Waals surface area contributed by atoms with Gasteiger partial charge in [0.05, 0.1) is 12.2 Å². The van der Waals surface area contributed by atoms with E-state index in [9.17, 15) is 13.2 Å². The first-order valence-corrected chi connectivity index (χ1v) is 11.2. The molecule has 0 radical (unpaired) electrons. The standard InChI is InChI=1S/C24H22N2O3S/c1-2-19-12-6-8-14-21(19)25-16-23-24(27)20-13-7-9-15-22(20)26(30(23,28)29)17-18-10-4-3-5-11-18/h3-16,25H,2,17H2,1H3/b23-16+.